The molecule has 3 aromatic rings. The second-order valence-corrected chi connectivity index (χ2v) is 10.5. The fraction of sp³-hybridized carbons (Fsp3) is 0.500. The van der Waals surface area contributed by atoms with E-state index in [1.54, 1.807) is 6.07 Å². The molecule has 0 aliphatic carbocycles. The van der Waals surface area contributed by atoms with Crippen LogP contribution in [0.4, 0.5) is 5.82 Å². The highest BCUT2D eigenvalue weighted by Gasteiger charge is 2.25. The van der Waals surface area contributed by atoms with Gasteiger partial charge in [-0.05, 0) is 31.7 Å². The molecule has 1 aliphatic heterocycles. The van der Waals surface area contributed by atoms with Crippen molar-refractivity contribution in [2.75, 3.05) is 45.8 Å². The van der Waals surface area contributed by atoms with Crippen molar-refractivity contribution < 1.29 is 13.2 Å². The molecule has 0 radical (unpaired) electrons. The van der Waals surface area contributed by atoms with E-state index < -0.39 is 10.0 Å². The maximum atomic E-state index is 12.6. The Labute approximate surface area is 194 Å². The summed E-state index contributed by atoms with van der Waals surface area (Å²) in [4.78, 5) is 19.7. The number of hydrogen-bond donors (Lipinski definition) is 2. The number of anilines is 1. The van der Waals surface area contributed by atoms with E-state index in [2.05, 4.69) is 27.1 Å². The first-order valence-electron chi connectivity index (χ1n) is 11.1. The predicted molar refractivity (Wildman–Crippen MR) is 128 cm³/mol. The molecule has 4 heterocycles. The van der Waals surface area contributed by atoms with Crippen molar-refractivity contribution >= 4 is 26.9 Å². The van der Waals surface area contributed by atoms with Gasteiger partial charge in [-0.25, -0.2) is 27.7 Å². The first kappa shape index (κ1) is 23.6. The molecule has 1 saturated heterocycles. The molecule has 0 amide bonds. The molecule has 1 aliphatic rings. The lowest BCUT2D eigenvalue weighted by molar-refractivity contribution is 0.0925. The molecule has 11 heteroatoms. The summed E-state index contributed by atoms with van der Waals surface area (Å²) in [5, 5.41) is 3.12. The Morgan fingerprint density at radius 1 is 1.24 bits per heavy atom. The number of sulfonamides is 1. The normalized spacial score (nSPS) is 17.2. The molecule has 3 aromatic heterocycles. The second kappa shape index (κ2) is 9.72. The molecule has 0 spiro atoms. The summed E-state index contributed by atoms with van der Waals surface area (Å²) in [5.74, 6) is 0.907. The van der Waals surface area contributed by atoms with E-state index in [0.29, 0.717) is 49.3 Å². The molecule has 4 rings (SSSR count). The highest BCUT2D eigenvalue weighted by Crippen LogP contribution is 2.26. The van der Waals surface area contributed by atoms with Crippen molar-refractivity contribution in [3.05, 3.63) is 35.7 Å². The molecule has 0 bridgehead atoms. The molecule has 10 nitrogen and oxygen atoms in total. The molecule has 33 heavy (non-hydrogen) atoms. The Kier molecular flexibility index (Phi) is 6.94. The maximum Gasteiger partial charge on any atom is 0.219 e. The Morgan fingerprint density at radius 3 is 2.79 bits per heavy atom. The van der Waals surface area contributed by atoms with Crippen LogP contribution in [0.3, 0.4) is 0 Å². The van der Waals surface area contributed by atoms with Gasteiger partial charge in [0, 0.05) is 38.9 Å². The molecular weight excluding hydrogens is 442 g/mol. The number of ether oxygens (including phenoxy) is 1. The van der Waals surface area contributed by atoms with E-state index in [0.717, 1.165) is 23.1 Å². The zero-order valence-electron chi connectivity index (χ0n) is 19.5. The summed E-state index contributed by atoms with van der Waals surface area (Å²) < 4.78 is 32.1. The van der Waals surface area contributed by atoms with Gasteiger partial charge in [-0.3, -0.25) is 0 Å². The minimum atomic E-state index is -3.49. The zero-order valence-corrected chi connectivity index (χ0v) is 20.3. The highest BCUT2D eigenvalue weighted by molar-refractivity contribution is 7.88. The van der Waals surface area contributed by atoms with Crippen LogP contribution in [0, 0.1) is 0 Å². The number of H-pyrrole nitrogens is 1. The van der Waals surface area contributed by atoms with Crippen LogP contribution in [0.2, 0.25) is 0 Å². The van der Waals surface area contributed by atoms with Crippen LogP contribution in [0.1, 0.15) is 24.7 Å². The van der Waals surface area contributed by atoms with Crippen molar-refractivity contribution in [2.24, 2.45) is 0 Å². The molecule has 2 N–H and O–H groups in total. The van der Waals surface area contributed by atoms with Gasteiger partial charge in [0.1, 0.15) is 17.3 Å². The summed E-state index contributed by atoms with van der Waals surface area (Å²) in [6.07, 6.45) is 0.895. The van der Waals surface area contributed by atoms with E-state index in [1.165, 1.54) is 18.4 Å². The van der Waals surface area contributed by atoms with Gasteiger partial charge in [-0.15, -0.1) is 0 Å². The van der Waals surface area contributed by atoms with E-state index >= 15 is 0 Å². The van der Waals surface area contributed by atoms with Crippen LogP contribution in [-0.2, 0) is 27.1 Å². The SMILES string of the molecule is CCC1COCCN1c1cc(CS(=O)(=O)N(C)C)nc(-c2ccc3[nH]c(CNC)cc3n2)n1. The van der Waals surface area contributed by atoms with Gasteiger partial charge in [-0.2, -0.15) is 0 Å². The van der Waals surface area contributed by atoms with Crippen molar-refractivity contribution in [1.82, 2.24) is 29.6 Å². The number of pyridine rings is 1. The Morgan fingerprint density at radius 2 is 2.06 bits per heavy atom. The first-order chi connectivity index (χ1) is 15.8. The van der Waals surface area contributed by atoms with Crippen LogP contribution in [0.5, 0.6) is 0 Å². The number of hydrogen-bond acceptors (Lipinski definition) is 8. The monoisotopic (exact) mass is 473 g/mol. The number of morpholine rings is 1. The van der Waals surface area contributed by atoms with E-state index in [1.807, 2.05) is 25.2 Å². The largest absolute Gasteiger partial charge is 0.377 e. The fourth-order valence-electron chi connectivity index (χ4n) is 3.90. The fourth-order valence-corrected chi connectivity index (χ4v) is 4.68. The minimum Gasteiger partial charge on any atom is -0.377 e. The third kappa shape index (κ3) is 5.16. The van der Waals surface area contributed by atoms with Crippen LogP contribution in [0.15, 0.2) is 24.3 Å². The predicted octanol–water partition coefficient (Wildman–Crippen LogP) is 1.75. The highest BCUT2D eigenvalue weighted by atomic mass is 32.2. The van der Waals surface area contributed by atoms with Gasteiger partial charge < -0.3 is 19.9 Å². The molecule has 1 unspecified atom stereocenters. The van der Waals surface area contributed by atoms with Gasteiger partial charge in [0.15, 0.2) is 5.82 Å². The van der Waals surface area contributed by atoms with Crippen molar-refractivity contribution in [3.8, 4) is 11.5 Å². The summed E-state index contributed by atoms with van der Waals surface area (Å²) in [5.41, 5.74) is 3.81. The van der Waals surface area contributed by atoms with Crippen LogP contribution < -0.4 is 10.2 Å². The molecule has 0 saturated carbocycles. The average Bonchev–Trinajstić information content (AvgIpc) is 3.20. The quantitative estimate of drug-likeness (QED) is 0.508. The maximum absolute atomic E-state index is 12.6. The second-order valence-electron chi connectivity index (χ2n) is 8.36. The molecular formula is C22H31N7O3S. The Balaban J connectivity index is 1.79. The summed E-state index contributed by atoms with van der Waals surface area (Å²) in [7, 11) is 1.45. The van der Waals surface area contributed by atoms with Gasteiger partial charge in [0.05, 0.1) is 36.0 Å². The van der Waals surface area contributed by atoms with Crippen LogP contribution >= 0.6 is 0 Å². The van der Waals surface area contributed by atoms with Crippen LogP contribution in [-0.4, -0.2) is 79.6 Å². The van der Waals surface area contributed by atoms with E-state index in [9.17, 15) is 8.42 Å². The third-order valence-electron chi connectivity index (χ3n) is 5.77. The van der Waals surface area contributed by atoms with Crippen molar-refractivity contribution in [1.29, 1.82) is 0 Å². The first-order valence-corrected chi connectivity index (χ1v) is 12.7. The van der Waals surface area contributed by atoms with Gasteiger partial charge in [-0.1, -0.05) is 6.92 Å². The van der Waals surface area contributed by atoms with Crippen molar-refractivity contribution in [3.63, 3.8) is 0 Å². The standard InChI is InChI=1S/C22H31N7O3S/c1-5-17-13-32-9-8-29(17)21-11-16(14-33(30,31)28(3)4)25-22(27-21)19-7-6-18-20(26-19)10-15(24-18)12-23-2/h6-7,10-11,17,23-24H,5,8-9,12-14H2,1-4H3. The average molecular weight is 474 g/mol. The van der Waals surface area contributed by atoms with Gasteiger partial charge in [0.25, 0.3) is 0 Å². The van der Waals surface area contributed by atoms with E-state index in [4.69, 9.17) is 14.7 Å². The topological polar surface area (TPSA) is 116 Å². The van der Waals surface area contributed by atoms with Crippen LogP contribution in [0.25, 0.3) is 22.6 Å². The zero-order chi connectivity index (χ0) is 23.6. The van der Waals surface area contributed by atoms with E-state index in [-0.39, 0.29) is 11.8 Å². The lowest BCUT2D eigenvalue weighted by Gasteiger charge is -2.36. The molecule has 0 aromatic carbocycles. The third-order valence-corrected chi connectivity index (χ3v) is 7.55. The number of nitrogens with one attached hydrogen (secondary N) is 2. The molecule has 1 fully saturated rings. The molecule has 1 atom stereocenters. The smallest absolute Gasteiger partial charge is 0.219 e. The summed E-state index contributed by atoms with van der Waals surface area (Å²) in [6.45, 7) is 4.72. The lowest BCUT2D eigenvalue weighted by Crippen LogP contribution is -2.45. The number of aromatic amines is 1. The number of nitrogens with zero attached hydrogens (tertiary/aromatic N) is 5. The Bertz CT molecular complexity index is 1230. The summed E-state index contributed by atoms with van der Waals surface area (Å²) in [6, 6.07) is 7.75. The number of rotatable bonds is 8. The lowest BCUT2D eigenvalue weighted by atomic mass is 10.1. The number of fused-ring (bicyclic) bond motifs is 1. The number of aromatic nitrogens is 4. The Hall–Kier alpha value is -2.60. The van der Waals surface area contributed by atoms with Crippen molar-refractivity contribution in [2.45, 2.75) is 31.7 Å². The van der Waals surface area contributed by atoms with Gasteiger partial charge in [0.2, 0.25) is 10.0 Å². The van der Waals surface area contributed by atoms with Gasteiger partial charge >= 0.3 is 0 Å². The minimum absolute atomic E-state index is 0.170. The summed E-state index contributed by atoms with van der Waals surface area (Å²) >= 11 is 0. The molecule has 178 valence electrons.